The summed E-state index contributed by atoms with van der Waals surface area (Å²) in [5.74, 6) is 0.264. The zero-order valence-electron chi connectivity index (χ0n) is 10.7. The van der Waals surface area contributed by atoms with Crippen molar-refractivity contribution in [2.24, 2.45) is 0 Å². The van der Waals surface area contributed by atoms with Crippen molar-refractivity contribution in [2.45, 2.75) is 20.8 Å². The quantitative estimate of drug-likeness (QED) is 0.720. The van der Waals surface area contributed by atoms with E-state index in [1.54, 1.807) is 6.07 Å². The normalized spacial score (nSPS) is 10.6. The third kappa shape index (κ3) is 1.88. The van der Waals surface area contributed by atoms with E-state index < -0.39 is 0 Å². The first-order chi connectivity index (χ1) is 8.41. The molecule has 3 nitrogen and oxygen atoms in total. The van der Waals surface area contributed by atoms with Crippen LogP contribution in [0.2, 0.25) is 0 Å². The molecular formula is C15H16O3. The van der Waals surface area contributed by atoms with Crippen molar-refractivity contribution in [1.29, 1.82) is 0 Å². The van der Waals surface area contributed by atoms with Crippen molar-refractivity contribution < 1.29 is 15.3 Å². The maximum absolute atomic E-state index is 10.0. The third-order valence-electron chi connectivity index (χ3n) is 3.34. The van der Waals surface area contributed by atoms with E-state index in [1.807, 2.05) is 26.8 Å². The molecule has 0 atom stereocenters. The van der Waals surface area contributed by atoms with Gasteiger partial charge in [0.2, 0.25) is 0 Å². The first-order valence-electron chi connectivity index (χ1n) is 5.74. The number of phenolic OH excluding ortho intramolecular Hbond substituents is 3. The summed E-state index contributed by atoms with van der Waals surface area (Å²) in [7, 11) is 0. The second-order valence-electron chi connectivity index (χ2n) is 4.54. The molecule has 18 heavy (non-hydrogen) atoms. The van der Waals surface area contributed by atoms with E-state index in [0.29, 0.717) is 5.56 Å². The minimum Gasteiger partial charge on any atom is -0.508 e. The van der Waals surface area contributed by atoms with Crippen molar-refractivity contribution in [3.63, 3.8) is 0 Å². The van der Waals surface area contributed by atoms with Gasteiger partial charge in [-0.25, -0.2) is 0 Å². The van der Waals surface area contributed by atoms with Crippen LogP contribution in [0, 0.1) is 20.8 Å². The summed E-state index contributed by atoms with van der Waals surface area (Å²) in [6.45, 7) is 5.58. The molecular weight excluding hydrogens is 228 g/mol. The smallest absolute Gasteiger partial charge is 0.127 e. The highest BCUT2D eigenvalue weighted by molar-refractivity contribution is 5.77. The van der Waals surface area contributed by atoms with E-state index >= 15 is 0 Å². The number of phenols is 3. The Morgan fingerprint density at radius 1 is 0.778 bits per heavy atom. The number of aryl methyl sites for hydroxylation is 1. The second-order valence-corrected chi connectivity index (χ2v) is 4.54. The van der Waals surface area contributed by atoms with Crippen molar-refractivity contribution in [3.8, 4) is 28.4 Å². The van der Waals surface area contributed by atoms with Crippen LogP contribution in [0.4, 0.5) is 0 Å². The maximum atomic E-state index is 10.0. The first-order valence-corrected chi connectivity index (χ1v) is 5.74. The highest BCUT2D eigenvalue weighted by Crippen LogP contribution is 2.39. The van der Waals surface area contributed by atoms with E-state index in [9.17, 15) is 15.3 Å². The SMILES string of the molecule is Cc1cc(-c2ccc(O)cc2O)c(C)c(O)c1C. The fourth-order valence-electron chi connectivity index (χ4n) is 2.06. The fourth-order valence-corrected chi connectivity index (χ4v) is 2.06. The molecule has 0 heterocycles. The van der Waals surface area contributed by atoms with Gasteiger partial charge in [-0.05, 0) is 55.2 Å². The molecule has 3 N–H and O–H groups in total. The number of aromatic hydroxyl groups is 3. The van der Waals surface area contributed by atoms with Gasteiger partial charge in [-0.3, -0.25) is 0 Å². The van der Waals surface area contributed by atoms with Crippen LogP contribution in [-0.4, -0.2) is 15.3 Å². The Hall–Kier alpha value is -2.16. The average molecular weight is 244 g/mol. The van der Waals surface area contributed by atoms with Crippen LogP contribution in [0.3, 0.4) is 0 Å². The summed E-state index contributed by atoms with van der Waals surface area (Å²) in [5, 5.41) is 29.2. The number of rotatable bonds is 1. The van der Waals surface area contributed by atoms with E-state index in [2.05, 4.69) is 0 Å². The monoisotopic (exact) mass is 244 g/mol. The lowest BCUT2D eigenvalue weighted by atomic mass is 9.94. The summed E-state index contributed by atoms with van der Waals surface area (Å²) in [4.78, 5) is 0. The van der Waals surface area contributed by atoms with E-state index in [1.165, 1.54) is 12.1 Å². The predicted molar refractivity (Wildman–Crippen MR) is 71.1 cm³/mol. The van der Waals surface area contributed by atoms with E-state index in [0.717, 1.165) is 22.3 Å². The molecule has 0 radical (unpaired) electrons. The minimum atomic E-state index is 0.000697. The van der Waals surface area contributed by atoms with Gasteiger partial charge in [-0.1, -0.05) is 6.07 Å². The molecule has 0 aliphatic carbocycles. The Kier molecular flexibility index (Phi) is 2.91. The lowest BCUT2D eigenvalue weighted by Crippen LogP contribution is -1.91. The lowest BCUT2D eigenvalue weighted by Gasteiger charge is -2.14. The molecule has 0 unspecified atom stereocenters. The molecule has 0 bridgehead atoms. The Balaban J connectivity index is 2.72. The molecule has 0 saturated heterocycles. The van der Waals surface area contributed by atoms with Crippen molar-refractivity contribution in [3.05, 3.63) is 41.0 Å². The van der Waals surface area contributed by atoms with Crippen LogP contribution in [0.1, 0.15) is 16.7 Å². The molecule has 0 spiro atoms. The van der Waals surface area contributed by atoms with Crippen LogP contribution < -0.4 is 0 Å². The van der Waals surface area contributed by atoms with Gasteiger partial charge in [-0.2, -0.15) is 0 Å². The van der Waals surface area contributed by atoms with Crippen LogP contribution in [0.5, 0.6) is 17.2 Å². The summed E-state index contributed by atoms with van der Waals surface area (Å²) in [6, 6.07) is 6.37. The molecule has 0 aliphatic rings. The molecule has 0 aliphatic heterocycles. The highest BCUT2D eigenvalue weighted by atomic mass is 16.3. The Labute approximate surface area is 106 Å². The van der Waals surface area contributed by atoms with E-state index in [-0.39, 0.29) is 17.2 Å². The molecule has 0 saturated carbocycles. The van der Waals surface area contributed by atoms with Gasteiger partial charge < -0.3 is 15.3 Å². The maximum Gasteiger partial charge on any atom is 0.127 e. The second kappa shape index (κ2) is 4.26. The number of benzene rings is 2. The first kappa shape index (κ1) is 12.3. The molecule has 0 aromatic heterocycles. The number of hydrogen-bond donors (Lipinski definition) is 3. The Morgan fingerprint density at radius 2 is 1.44 bits per heavy atom. The minimum absolute atomic E-state index is 0.000697. The third-order valence-corrected chi connectivity index (χ3v) is 3.34. The van der Waals surface area contributed by atoms with Crippen LogP contribution in [-0.2, 0) is 0 Å². The zero-order valence-corrected chi connectivity index (χ0v) is 10.7. The van der Waals surface area contributed by atoms with Crippen molar-refractivity contribution >= 4 is 0 Å². The fraction of sp³-hybridized carbons (Fsp3) is 0.200. The molecule has 2 rings (SSSR count). The summed E-state index contributed by atoms with van der Waals surface area (Å²) in [5.41, 5.74) is 3.89. The van der Waals surface area contributed by atoms with Gasteiger partial charge in [0.25, 0.3) is 0 Å². The highest BCUT2D eigenvalue weighted by Gasteiger charge is 2.13. The van der Waals surface area contributed by atoms with Gasteiger partial charge in [0, 0.05) is 11.6 Å². The van der Waals surface area contributed by atoms with Gasteiger partial charge in [0.05, 0.1) is 0 Å². The summed E-state index contributed by atoms with van der Waals surface area (Å²) in [6.07, 6.45) is 0. The predicted octanol–water partition coefficient (Wildman–Crippen LogP) is 3.40. The van der Waals surface area contributed by atoms with Crippen molar-refractivity contribution in [1.82, 2.24) is 0 Å². The van der Waals surface area contributed by atoms with Gasteiger partial charge in [0.15, 0.2) is 0 Å². The Morgan fingerprint density at radius 3 is 2.06 bits per heavy atom. The van der Waals surface area contributed by atoms with Crippen LogP contribution in [0.25, 0.3) is 11.1 Å². The Bertz CT molecular complexity index is 616. The van der Waals surface area contributed by atoms with Gasteiger partial charge in [0.1, 0.15) is 17.2 Å². The summed E-state index contributed by atoms with van der Waals surface area (Å²) >= 11 is 0. The molecule has 0 amide bonds. The molecule has 2 aromatic rings. The molecule has 0 fully saturated rings. The summed E-state index contributed by atoms with van der Waals surface area (Å²) < 4.78 is 0. The van der Waals surface area contributed by atoms with Gasteiger partial charge in [-0.15, -0.1) is 0 Å². The molecule has 3 heteroatoms. The largest absolute Gasteiger partial charge is 0.508 e. The lowest BCUT2D eigenvalue weighted by molar-refractivity contribution is 0.451. The number of hydrogen-bond acceptors (Lipinski definition) is 3. The van der Waals surface area contributed by atoms with E-state index in [4.69, 9.17) is 0 Å². The van der Waals surface area contributed by atoms with Gasteiger partial charge >= 0.3 is 0 Å². The van der Waals surface area contributed by atoms with Crippen molar-refractivity contribution in [2.75, 3.05) is 0 Å². The molecule has 2 aromatic carbocycles. The molecule has 94 valence electrons. The van der Waals surface area contributed by atoms with Crippen LogP contribution >= 0.6 is 0 Å². The topological polar surface area (TPSA) is 60.7 Å². The van der Waals surface area contributed by atoms with Crippen LogP contribution in [0.15, 0.2) is 24.3 Å². The zero-order chi connectivity index (χ0) is 13.4. The standard InChI is InChI=1S/C15H16O3/c1-8-6-13(10(3)15(18)9(8)2)12-5-4-11(16)7-14(12)17/h4-7,16-18H,1-3H3. The average Bonchev–Trinajstić information content (AvgIpc) is 2.32.